The van der Waals surface area contributed by atoms with Crippen molar-refractivity contribution in [1.82, 2.24) is 19.3 Å². The minimum atomic E-state index is -0.378. The van der Waals surface area contributed by atoms with Gasteiger partial charge in [-0.15, -0.1) is 0 Å². The molecule has 1 aliphatic rings. The van der Waals surface area contributed by atoms with E-state index in [0.717, 1.165) is 12.8 Å². The van der Waals surface area contributed by atoms with E-state index >= 15 is 0 Å². The quantitative estimate of drug-likeness (QED) is 0.673. The summed E-state index contributed by atoms with van der Waals surface area (Å²) in [6.45, 7) is 3.40. The zero-order valence-corrected chi connectivity index (χ0v) is 15.1. The fraction of sp³-hybridized carbons (Fsp3) is 0.368. The Balaban J connectivity index is 1.83. The van der Waals surface area contributed by atoms with Gasteiger partial charge in [0, 0.05) is 25.9 Å². The normalized spacial score (nSPS) is 16.9. The Morgan fingerprint density at radius 1 is 1.44 bits per heavy atom. The second-order valence-electron chi connectivity index (χ2n) is 6.58. The van der Waals surface area contributed by atoms with Crippen molar-refractivity contribution in [3.8, 4) is 0 Å². The third-order valence-corrected chi connectivity index (χ3v) is 4.89. The van der Waals surface area contributed by atoms with Crippen LogP contribution in [0.5, 0.6) is 0 Å². The summed E-state index contributed by atoms with van der Waals surface area (Å²) in [6.07, 6.45) is 3.56. The fourth-order valence-electron chi connectivity index (χ4n) is 3.48. The van der Waals surface area contributed by atoms with Crippen LogP contribution in [0.15, 0.2) is 35.3 Å². The Bertz CT molecular complexity index is 1140. The van der Waals surface area contributed by atoms with Gasteiger partial charge in [-0.05, 0) is 38.0 Å². The molecule has 2 N–H and O–H groups in total. The van der Waals surface area contributed by atoms with E-state index in [-0.39, 0.29) is 28.6 Å². The van der Waals surface area contributed by atoms with Crippen LogP contribution in [0.2, 0.25) is 0 Å². The molecule has 1 fully saturated rings. The van der Waals surface area contributed by atoms with E-state index in [2.05, 4.69) is 10.3 Å². The largest absolute Gasteiger partial charge is 0.376 e. The topological polar surface area (TPSA) is 101 Å². The van der Waals surface area contributed by atoms with Gasteiger partial charge in [0.2, 0.25) is 0 Å². The molecule has 0 spiro atoms. The van der Waals surface area contributed by atoms with Crippen molar-refractivity contribution >= 4 is 22.6 Å². The molecular weight excluding hydrogens is 346 g/mol. The molecule has 1 amide bonds. The molecule has 0 unspecified atom stereocenters. The number of fused-ring (bicyclic) bond motifs is 2. The first-order chi connectivity index (χ1) is 13.1. The molecule has 140 valence electrons. The number of aromatic nitrogens is 3. The predicted octanol–water partition coefficient (Wildman–Crippen LogP) is 1.06. The van der Waals surface area contributed by atoms with Crippen LogP contribution >= 0.6 is 0 Å². The molecule has 8 heteroatoms. The van der Waals surface area contributed by atoms with E-state index in [1.54, 1.807) is 29.0 Å². The molecule has 8 nitrogen and oxygen atoms in total. The summed E-state index contributed by atoms with van der Waals surface area (Å²) in [5.41, 5.74) is 0.867. The number of nitrogens with zero attached hydrogens (tertiary/aromatic N) is 3. The lowest BCUT2D eigenvalue weighted by Gasteiger charge is -2.14. The molecule has 0 aromatic carbocycles. The average molecular weight is 367 g/mol. The average Bonchev–Trinajstić information content (AvgIpc) is 3.20. The molecule has 3 aromatic heterocycles. The van der Waals surface area contributed by atoms with Crippen molar-refractivity contribution in [3.63, 3.8) is 0 Å². The van der Waals surface area contributed by atoms with Crippen LogP contribution in [0, 0.1) is 5.41 Å². The molecule has 27 heavy (non-hydrogen) atoms. The molecule has 3 aromatic rings. The maximum atomic E-state index is 12.9. The second kappa shape index (κ2) is 6.96. The first-order valence-electron chi connectivity index (χ1n) is 9.09. The maximum Gasteiger partial charge on any atom is 0.267 e. The van der Waals surface area contributed by atoms with Crippen molar-refractivity contribution < 1.29 is 9.53 Å². The van der Waals surface area contributed by atoms with E-state index in [9.17, 15) is 9.59 Å². The summed E-state index contributed by atoms with van der Waals surface area (Å²) in [6, 6.07) is 6.78. The SMILES string of the molecule is CCn1c(=N)c(C(=O)NC[C@H]2CCCO2)cc2c(=O)n3ccccc3nc21. The summed E-state index contributed by atoms with van der Waals surface area (Å²) in [7, 11) is 0. The number of rotatable bonds is 4. The zero-order valence-electron chi connectivity index (χ0n) is 15.1. The molecule has 0 bridgehead atoms. The number of amides is 1. The summed E-state index contributed by atoms with van der Waals surface area (Å²) >= 11 is 0. The van der Waals surface area contributed by atoms with Crippen LogP contribution in [0.3, 0.4) is 0 Å². The highest BCUT2D eigenvalue weighted by Gasteiger charge is 2.20. The first kappa shape index (κ1) is 17.4. The van der Waals surface area contributed by atoms with Crippen molar-refractivity contribution in [3.05, 3.63) is 51.9 Å². The summed E-state index contributed by atoms with van der Waals surface area (Å²) in [5.74, 6) is -0.378. The van der Waals surface area contributed by atoms with Gasteiger partial charge in [0.05, 0.1) is 17.1 Å². The molecular formula is C19H21N5O3. The number of nitrogens with one attached hydrogen (secondary N) is 2. The van der Waals surface area contributed by atoms with Crippen molar-refractivity contribution in [2.75, 3.05) is 13.2 Å². The monoisotopic (exact) mass is 367 g/mol. The molecule has 1 saturated heterocycles. The number of aryl methyl sites for hydroxylation is 1. The maximum absolute atomic E-state index is 12.9. The van der Waals surface area contributed by atoms with Crippen molar-refractivity contribution in [1.29, 1.82) is 5.41 Å². The zero-order chi connectivity index (χ0) is 19.0. The molecule has 0 aliphatic carbocycles. The minimum absolute atomic E-state index is 0.0122. The molecule has 4 rings (SSSR count). The van der Waals surface area contributed by atoms with Gasteiger partial charge in [0.25, 0.3) is 11.5 Å². The molecule has 1 aliphatic heterocycles. The van der Waals surface area contributed by atoms with Crippen LogP contribution in [-0.2, 0) is 11.3 Å². The molecule has 1 atom stereocenters. The van der Waals surface area contributed by atoms with Crippen LogP contribution in [-0.4, -0.2) is 39.1 Å². The number of ether oxygens (including phenoxy) is 1. The second-order valence-corrected chi connectivity index (χ2v) is 6.58. The van der Waals surface area contributed by atoms with Gasteiger partial charge in [-0.2, -0.15) is 0 Å². The first-order valence-corrected chi connectivity index (χ1v) is 9.09. The standard InChI is InChI=1S/C19H21N5O3/c1-2-23-16(20)13(18(25)21-11-12-6-5-9-27-12)10-14-17(23)22-15-7-3-4-8-24(15)19(14)26/h3-4,7-8,10,12,20H,2,5-6,9,11H2,1H3,(H,21,25)/t12-/m1/s1. The number of carbonyl (C=O) groups excluding carboxylic acids is 1. The predicted molar refractivity (Wildman–Crippen MR) is 99.8 cm³/mol. The summed E-state index contributed by atoms with van der Waals surface area (Å²) < 4.78 is 8.55. The molecule has 0 radical (unpaired) electrons. The van der Waals surface area contributed by atoms with E-state index < -0.39 is 0 Å². The summed E-state index contributed by atoms with van der Waals surface area (Å²) in [5, 5.41) is 11.6. The number of hydrogen-bond acceptors (Lipinski definition) is 5. The van der Waals surface area contributed by atoms with E-state index in [4.69, 9.17) is 10.1 Å². The van der Waals surface area contributed by atoms with Gasteiger partial charge in [0.15, 0.2) is 0 Å². The molecule has 4 heterocycles. The highest BCUT2D eigenvalue weighted by atomic mass is 16.5. The van der Waals surface area contributed by atoms with Crippen molar-refractivity contribution in [2.24, 2.45) is 0 Å². The number of hydrogen-bond donors (Lipinski definition) is 2. The van der Waals surface area contributed by atoms with Gasteiger partial charge in [-0.3, -0.25) is 19.4 Å². The lowest BCUT2D eigenvalue weighted by atomic mass is 10.2. The Labute approximate surface area is 154 Å². The van der Waals surface area contributed by atoms with Gasteiger partial charge >= 0.3 is 0 Å². The van der Waals surface area contributed by atoms with Crippen LogP contribution in [0.25, 0.3) is 16.7 Å². The van der Waals surface area contributed by atoms with E-state index in [0.29, 0.717) is 36.4 Å². The van der Waals surface area contributed by atoms with Gasteiger partial charge < -0.3 is 14.6 Å². The third-order valence-electron chi connectivity index (χ3n) is 4.89. The smallest absolute Gasteiger partial charge is 0.267 e. The molecule has 0 saturated carbocycles. The van der Waals surface area contributed by atoms with E-state index in [1.165, 1.54) is 10.5 Å². The van der Waals surface area contributed by atoms with Crippen LogP contribution in [0.1, 0.15) is 30.1 Å². The van der Waals surface area contributed by atoms with Crippen molar-refractivity contribution in [2.45, 2.75) is 32.4 Å². The van der Waals surface area contributed by atoms with Gasteiger partial charge in [-0.1, -0.05) is 6.07 Å². The summed E-state index contributed by atoms with van der Waals surface area (Å²) in [4.78, 5) is 30.1. The highest BCUT2D eigenvalue weighted by Crippen LogP contribution is 2.12. The lowest BCUT2D eigenvalue weighted by molar-refractivity contribution is 0.0856. The Hall–Kier alpha value is -3.00. The highest BCUT2D eigenvalue weighted by molar-refractivity contribution is 5.96. The Morgan fingerprint density at radius 2 is 2.30 bits per heavy atom. The number of carbonyl (C=O) groups is 1. The van der Waals surface area contributed by atoms with Gasteiger partial charge in [-0.25, -0.2) is 4.98 Å². The fourth-order valence-corrected chi connectivity index (χ4v) is 3.48. The Kier molecular flexibility index (Phi) is 4.49. The minimum Gasteiger partial charge on any atom is -0.376 e. The van der Waals surface area contributed by atoms with E-state index in [1.807, 2.05) is 6.92 Å². The number of pyridine rings is 2. The Morgan fingerprint density at radius 3 is 3.04 bits per heavy atom. The van der Waals surface area contributed by atoms with Crippen LogP contribution < -0.4 is 16.4 Å². The van der Waals surface area contributed by atoms with Gasteiger partial charge in [0.1, 0.15) is 16.8 Å². The van der Waals surface area contributed by atoms with Crippen LogP contribution in [0.4, 0.5) is 0 Å². The lowest BCUT2D eigenvalue weighted by Crippen LogP contribution is -2.37. The third kappa shape index (κ3) is 3.02.